The van der Waals surface area contributed by atoms with Crippen LogP contribution in [0.5, 0.6) is 0 Å². The van der Waals surface area contributed by atoms with E-state index in [1.54, 1.807) is 0 Å². The van der Waals surface area contributed by atoms with Crippen molar-refractivity contribution in [3.05, 3.63) is 59.9 Å². The van der Waals surface area contributed by atoms with Crippen LogP contribution in [-0.2, 0) is 17.8 Å². The topological polar surface area (TPSA) is 22.1 Å². The maximum absolute atomic E-state index is 5.71. The van der Waals surface area contributed by atoms with Crippen LogP contribution in [0.25, 0.3) is 0 Å². The number of aryl methyl sites for hydroxylation is 1. The number of ether oxygens (including phenoxy) is 1. The van der Waals surface area contributed by atoms with Crippen LogP contribution < -0.4 is 3.58 Å². The van der Waals surface area contributed by atoms with Gasteiger partial charge in [0.25, 0.3) is 0 Å². The van der Waals surface area contributed by atoms with E-state index in [0.717, 1.165) is 19.4 Å². The minimum atomic E-state index is -0.525. The zero-order valence-corrected chi connectivity index (χ0v) is 16.7. The molecule has 2 nitrogen and oxygen atoms in total. The Labute approximate surface area is 144 Å². The summed E-state index contributed by atoms with van der Waals surface area (Å²) >= 11 is -0.525. The third-order valence-electron chi connectivity index (χ3n) is 3.18. The van der Waals surface area contributed by atoms with Gasteiger partial charge in [-0.25, -0.2) is 0 Å². The monoisotopic (exact) mass is 403 g/mol. The number of nitrogens with zero attached hydrogens (tertiary/aromatic N) is 1. The summed E-state index contributed by atoms with van der Waals surface area (Å²) in [6.45, 7) is 8.48. The van der Waals surface area contributed by atoms with E-state index in [1.807, 2.05) is 18.2 Å². The van der Waals surface area contributed by atoms with E-state index in [0.29, 0.717) is 10.0 Å². The summed E-state index contributed by atoms with van der Waals surface area (Å²) in [6, 6.07) is 14.8. The molecule has 0 bridgehead atoms. The molecule has 1 heterocycles. The van der Waals surface area contributed by atoms with E-state index < -0.39 is 21.1 Å². The molecule has 0 amide bonds. The Morgan fingerprint density at radius 1 is 1.05 bits per heavy atom. The van der Waals surface area contributed by atoms with Crippen LogP contribution in [0.1, 0.15) is 38.4 Å². The molecule has 0 spiro atoms. The molecule has 0 aliphatic heterocycles. The summed E-state index contributed by atoms with van der Waals surface area (Å²) in [5, 5.41) is 0. The van der Waals surface area contributed by atoms with Gasteiger partial charge in [-0.15, -0.1) is 0 Å². The van der Waals surface area contributed by atoms with Crippen molar-refractivity contribution in [2.24, 2.45) is 0 Å². The van der Waals surface area contributed by atoms with Crippen LogP contribution in [0.4, 0.5) is 0 Å². The minimum absolute atomic E-state index is 0.484. The Morgan fingerprint density at radius 2 is 1.82 bits per heavy atom. The van der Waals surface area contributed by atoms with Gasteiger partial charge in [0.2, 0.25) is 0 Å². The first-order valence-electron chi connectivity index (χ1n) is 7.88. The summed E-state index contributed by atoms with van der Waals surface area (Å²) in [4.78, 5) is 4.61. The first-order valence-corrected chi connectivity index (χ1v) is 10.7. The molecule has 0 aliphatic rings. The second-order valence-corrected chi connectivity index (χ2v) is 13.2. The Hall–Kier alpha value is -0.871. The van der Waals surface area contributed by atoms with E-state index in [2.05, 4.69) is 56.2 Å². The van der Waals surface area contributed by atoms with Gasteiger partial charge < -0.3 is 0 Å². The van der Waals surface area contributed by atoms with Gasteiger partial charge in [0.1, 0.15) is 0 Å². The van der Waals surface area contributed by atoms with E-state index in [4.69, 9.17) is 4.74 Å². The van der Waals surface area contributed by atoms with Gasteiger partial charge >= 0.3 is 139 Å². The van der Waals surface area contributed by atoms with Gasteiger partial charge in [-0.2, -0.15) is 0 Å². The van der Waals surface area contributed by atoms with Crippen LogP contribution >= 0.6 is 0 Å². The number of hydrogen-bond donors (Lipinski definition) is 0. The molecule has 0 aliphatic carbocycles. The predicted octanol–water partition coefficient (Wildman–Crippen LogP) is 3.78. The number of hydrogen-bond acceptors (Lipinski definition) is 2. The normalized spacial score (nSPS) is 11.6. The number of benzene rings is 1. The molecular formula is C19H25NOSn. The van der Waals surface area contributed by atoms with Crippen molar-refractivity contribution in [2.45, 2.75) is 43.7 Å². The van der Waals surface area contributed by atoms with Gasteiger partial charge in [-0.1, -0.05) is 6.07 Å². The molecule has 3 heteroatoms. The first-order chi connectivity index (χ1) is 10.5. The van der Waals surface area contributed by atoms with Crippen molar-refractivity contribution in [2.75, 3.05) is 6.61 Å². The second-order valence-electron chi connectivity index (χ2n) is 6.55. The Morgan fingerprint density at radius 3 is 2.45 bits per heavy atom. The van der Waals surface area contributed by atoms with Crippen molar-refractivity contribution < 1.29 is 4.74 Å². The Kier molecular flexibility index (Phi) is 6.90. The van der Waals surface area contributed by atoms with Crippen molar-refractivity contribution in [1.82, 2.24) is 4.98 Å². The molecule has 116 valence electrons. The molecule has 0 atom stereocenters. The van der Waals surface area contributed by atoms with Crippen LogP contribution in [0.3, 0.4) is 0 Å². The maximum atomic E-state index is 5.71. The molecule has 0 fully saturated rings. The van der Waals surface area contributed by atoms with Crippen molar-refractivity contribution in [1.29, 1.82) is 0 Å². The zero-order valence-electron chi connectivity index (χ0n) is 13.8. The summed E-state index contributed by atoms with van der Waals surface area (Å²) in [6.07, 6.45) is 4.12. The Balaban J connectivity index is 1.67. The van der Waals surface area contributed by atoms with Gasteiger partial charge in [0, 0.05) is 0 Å². The summed E-state index contributed by atoms with van der Waals surface area (Å²) in [5.41, 5.74) is 2.42. The van der Waals surface area contributed by atoms with Crippen LogP contribution in [0.15, 0.2) is 48.7 Å². The van der Waals surface area contributed by atoms with Crippen molar-refractivity contribution >= 4 is 24.7 Å². The molecule has 2 rings (SSSR count). The standard InChI is InChI=1S/C15H16NO.C4H9.Sn/c1-2-7-14(8-3-1)13-17-12-6-10-15-9-4-5-11-16-15;1-4(2)3;/h1-4,7-9,11H,6,10,12-13H2;1-3H3;. The fraction of sp³-hybridized carbons (Fsp3) is 0.421. The SMILES string of the molecule is C[C](C)(C)[Sn][c]1ccc(CCCOCc2ccccc2)nc1. The van der Waals surface area contributed by atoms with Gasteiger partial charge in [0.15, 0.2) is 0 Å². The molecular weight excluding hydrogens is 377 g/mol. The summed E-state index contributed by atoms with van der Waals surface area (Å²) in [7, 11) is 0. The number of pyridine rings is 1. The van der Waals surface area contributed by atoms with E-state index in [9.17, 15) is 0 Å². The van der Waals surface area contributed by atoms with E-state index in [1.165, 1.54) is 14.8 Å². The average molecular weight is 402 g/mol. The van der Waals surface area contributed by atoms with Crippen LogP contribution in [0.2, 0.25) is 3.43 Å². The van der Waals surface area contributed by atoms with Crippen molar-refractivity contribution in [3.8, 4) is 0 Å². The fourth-order valence-corrected chi connectivity index (χ4v) is 5.51. The average Bonchev–Trinajstić information content (AvgIpc) is 2.48. The number of aromatic nitrogens is 1. The number of rotatable bonds is 7. The zero-order chi connectivity index (χ0) is 15.8. The second kappa shape index (κ2) is 8.68. The predicted molar refractivity (Wildman–Crippen MR) is 93.8 cm³/mol. The van der Waals surface area contributed by atoms with Gasteiger partial charge in [0.05, 0.1) is 0 Å². The molecule has 1 aromatic heterocycles. The van der Waals surface area contributed by atoms with E-state index >= 15 is 0 Å². The molecule has 1 aromatic carbocycles. The summed E-state index contributed by atoms with van der Waals surface area (Å²) in [5.74, 6) is 0. The quantitative estimate of drug-likeness (QED) is 0.520. The van der Waals surface area contributed by atoms with Crippen LogP contribution in [0, 0.1) is 0 Å². The van der Waals surface area contributed by atoms with Crippen molar-refractivity contribution in [3.63, 3.8) is 0 Å². The molecule has 22 heavy (non-hydrogen) atoms. The van der Waals surface area contributed by atoms with Gasteiger partial charge in [-0.05, 0) is 0 Å². The first kappa shape index (κ1) is 17.5. The fourth-order valence-electron chi connectivity index (χ4n) is 2.20. The molecule has 0 saturated heterocycles. The van der Waals surface area contributed by atoms with Crippen LogP contribution in [-0.4, -0.2) is 32.7 Å². The molecule has 2 radical (unpaired) electrons. The third kappa shape index (κ3) is 6.93. The van der Waals surface area contributed by atoms with E-state index in [-0.39, 0.29) is 0 Å². The molecule has 2 aromatic rings. The molecule has 0 unspecified atom stereocenters. The molecule has 0 saturated carbocycles. The third-order valence-corrected chi connectivity index (χ3v) is 6.99. The summed E-state index contributed by atoms with van der Waals surface area (Å²) < 4.78 is 7.68. The Bertz CT molecular complexity index is 546. The van der Waals surface area contributed by atoms with Gasteiger partial charge in [-0.3, -0.25) is 0 Å². The molecule has 0 N–H and O–H groups in total.